The number of esters is 1. The number of hydrazone groups is 1. The zero-order chi connectivity index (χ0) is 33.5. The normalized spacial score (nSPS) is 11.1. The molecule has 242 valence electrons. The molecular formula is C35H30Cl3N3O6. The number of carbonyl (C=O) groups is 2. The summed E-state index contributed by atoms with van der Waals surface area (Å²) in [6.07, 6.45) is 1.44. The minimum Gasteiger partial charge on any atom is -0.490 e. The second kappa shape index (κ2) is 15.3. The van der Waals surface area contributed by atoms with E-state index >= 15 is 0 Å². The Hall–Kier alpha value is -4.70. The Labute approximate surface area is 286 Å². The van der Waals surface area contributed by atoms with Crippen LogP contribution in [-0.2, 0) is 0 Å². The number of fused-ring (bicyclic) bond motifs is 1. The topological polar surface area (TPSA) is 111 Å². The number of rotatable bonds is 12. The molecular weight excluding hydrogens is 665 g/mol. The van der Waals surface area contributed by atoms with Crippen LogP contribution < -0.4 is 24.4 Å². The average Bonchev–Trinajstić information content (AvgIpc) is 3.43. The van der Waals surface area contributed by atoms with E-state index in [1.165, 1.54) is 6.21 Å². The number of benzene rings is 4. The molecule has 0 aliphatic rings. The van der Waals surface area contributed by atoms with Gasteiger partial charge in [0.2, 0.25) is 0 Å². The van der Waals surface area contributed by atoms with Gasteiger partial charge in [-0.1, -0.05) is 53.0 Å². The molecule has 5 aromatic rings. The molecule has 1 aromatic heterocycles. The third kappa shape index (κ3) is 7.65. The fourth-order valence-corrected chi connectivity index (χ4v) is 5.69. The third-order valence-corrected chi connectivity index (χ3v) is 7.66. The van der Waals surface area contributed by atoms with Crippen LogP contribution in [0, 0.1) is 0 Å². The number of aromatic nitrogens is 1. The van der Waals surface area contributed by atoms with Crippen LogP contribution >= 0.6 is 34.8 Å². The number of carbonyl (C=O) groups excluding carboxylic acids is 2. The van der Waals surface area contributed by atoms with Crippen molar-refractivity contribution in [2.75, 3.05) is 19.8 Å². The highest BCUT2D eigenvalue weighted by Crippen LogP contribution is 2.41. The molecule has 4 aromatic carbocycles. The van der Waals surface area contributed by atoms with Gasteiger partial charge in [0.05, 0.1) is 36.6 Å². The van der Waals surface area contributed by atoms with Crippen LogP contribution in [0.1, 0.15) is 47.2 Å². The van der Waals surface area contributed by atoms with E-state index in [4.69, 9.17) is 53.8 Å². The highest BCUT2D eigenvalue weighted by atomic mass is 35.5. The first-order valence-corrected chi connectivity index (χ1v) is 15.8. The Morgan fingerprint density at radius 3 is 2.19 bits per heavy atom. The fourth-order valence-electron chi connectivity index (χ4n) is 4.87. The smallest absolute Gasteiger partial charge is 0.343 e. The highest BCUT2D eigenvalue weighted by Gasteiger charge is 2.23. The summed E-state index contributed by atoms with van der Waals surface area (Å²) in [5.41, 5.74) is 5.31. The van der Waals surface area contributed by atoms with Gasteiger partial charge in [-0.3, -0.25) is 4.79 Å². The van der Waals surface area contributed by atoms with Crippen molar-refractivity contribution in [1.82, 2.24) is 10.4 Å². The van der Waals surface area contributed by atoms with Crippen LogP contribution in [0.3, 0.4) is 0 Å². The van der Waals surface area contributed by atoms with Gasteiger partial charge in [0.1, 0.15) is 5.69 Å². The van der Waals surface area contributed by atoms with E-state index in [1.54, 1.807) is 66.7 Å². The van der Waals surface area contributed by atoms with Crippen LogP contribution in [0.25, 0.3) is 22.0 Å². The van der Waals surface area contributed by atoms with Crippen molar-refractivity contribution >= 4 is 63.8 Å². The van der Waals surface area contributed by atoms with Gasteiger partial charge in [0, 0.05) is 32.1 Å². The van der Waals surface area contributed by atoms with Gasteiger partial charge in [-0.2, -0.15) is 5.10 Å². The van der Waals surface area contributed by atoms with Crippen molar-refractivity contribution in [2.45, 2.75) is 20.8 Å². The lowest BCUT2D eigenvalue weighted by Crippen LogP contribution is -2.19. The molecule has 0 unspecified atom stereocenters. The molecule has 1 amide bonds. The van der Waals surface area contributed by atoms with Gasteiger partial charge in [-0.15, -0.1) is 0 Å². The van der Waals surface area contributed by atoms with Crippen LogP contribution in [-0.4, -0.2) is 42.9 Å². The summed E-state index contributed by atoms with van der Waals surface area (Å²) in [5, 5.41) is 5.97. The molecule has 0 bridgehead atoms. The lowest BCUT2D eigenvalue weighted by atomic mass is 10.0. The fraction of sp³-hybridized carbons (Fsp3) is 0.171. The number of nitrogens with zero attached hydrogens (tertiary/aromatic N) is 1. The standard InChI is InChI=1S/C35H30Cl3N3O6/c1-4-44-27-14-12-21(16-30(27)46-6-3)35(43)47-28-13-11-20(15-29(28)45-5-2)19-39-41-34(42)33-31(23-9-7-8-10-24(23)37)32-25(38)17-22(36)18-26(32)40-33/h7-19,40H,4-6H2,1-3H3,(H,41,42). The Kier molecular flexibility index (Phi) is 10.9. The zero-order valence-corrected chi connectivity index (χ0v) is 27.9. The van der Waals surface area contributed by atoms with Crippen molar-refractivity contribution in [2.24, 2.45) is 5.10 Å². The van der Waals surface area contributed by atoms with Crippen LogP contribution in [0.5, 0.6) is 23.0 Å². The molecule has 12 heteroatoms. The monoisotopic (exact) mass is 693 g/mol. The number of hydrogen-bond acceptors (Lipinski definition) is 7. The van der Waals surface area contributed by atoms with Gasteiger partial charge in [0.15, 0.2) is 23.0 Å². The van der Waals surface area contributed by atoms with Crippen molar-refractivity contribution in [3.05, 3.63) is 105 Å². The maximum atomic E-state index is 13.4. The van der Waals surface area contributed by atoms with Crippen LogP contribution in [0.2, 0.25) is 15.1 Å². The minimum absolute atomic E-state index is 0.202. The first-order valence-electron chi connectivity index (χ1n) is 14.7. The summed E-state index contributed by atoms with van der Waals surface area (Å²) in [6.45, 7) is 6.70. The molecule has 0 saturated carbocycles. The number of H-pyrrole nitrogens is 1. The van der Waals surface area contributed by atoms with Crippen molar-refractivity contribution in [3.8, 4) is 34.1 Å². The quantitative estimate of drug-likeness (QED) is 0.0584. The average molecular weight is 695 g/mol. The van der Waals surface area contributed by atoms with E-state index in [2.05, 4.69) is 15.5 Å². The van der Waals surface area contributed by atoms with E-state index < -0.39 is 11.9 Å². The summed E-state index contributed by atoms with van der Waals surface area (Å²) in [6, 6.07) is 20.2. The Bertz CT molecular complexity index is 1970. The van der Waals surface area contributed by atoms with E-state index in [9.17, 15) is 9.59 Å². The van der Waals surface area contributed by atoms with Gasteiger partial charge < -0.3 is 23.9 Å². The van der Waals surface area contributed by atoms with E-state index in [1.807, 2.05) is 26.8 Å². The maximum absolute atomic E-state index is 13.4. The number of nitrogens with one attached hydrogen (secondary N) is 2. The lowest BCUT2D eigenvalue weighted by Gasteiger charge is -2.13. The van der Waals surface area contributed by atoms with E-state index in [0.717, 1.165) is 0 Å². The Balaban J connectivity index is 1.37. The predicted molar refractivity (Wildman–Crippen MR) is 185 cm³/mol. The predicted octanol–water partition coefficient (Wildman–Crippen LogP) is 8.97. The second-order valence-corrected chi connectivity index (χ2v) is 11.2. The van der Waals surface area contributed by atoms with Gasteiger partial charge in [-0.25, -0.2) is 10.2 Å². The molecule has 0 radical (unpaired) electrons. The summed E-state index contributed by atoms with van der Waals surface area (Å²) in [7, 11) is 0. The molecule has 2 N–H and O–H groups in total. The second-order valence-electron chi connectivity index (χ2n) is 9.92. The number of aromatic amines is 1. The zero-order valence-electron chi connectivity index (χ0n) is 25.7. The minimum atomic E-state index is -0.599. The van der Waals surface area contributed by atoms with Gasteiger partial charge in [-0.05, 0) is 80.9 Å². The molecule has 0 saturated heterocycles. The van der Waals surface area contributed by atoms with Crippen molar-refractivity contribution in [3.63, 3.8) is 0 Å². The molecule has 5 rings (SSSR count). The summed E-state index contributed by atoms with van der Waals surface area (Å²) >= 11 is 19.3. The van der Waals surface area contributed by atoms with Gasteiger partial charge in [0.25, 0.3) is 5.91 Å². The first-order chi connectivity index (χ1) is 22.7. The Morgan fingerprint density at radius 1 is 0.787 bits per heavy atom. The SMILES string of the molecule is CCOc1ccc(C(=O)Oc2ccc(C=NNC(=O)c3[nH]c4cc(Cl)cc(Cl)c4c3-c3ccccc3Cl)cc2OCC)cc1OCC. The number of ether oxygens (including phenoxy) is 4. The highest BCUT2D eigenvalue weighted by molar-refractivity contribution is 6.41. The molecule has 0 aliphatic heterocycles. The number of hydrogen-bond donors (Lipinski definition) is 2. The largest absolute Gasteiger partial charge is 0.490 e. The Morgan fingerprint density at radius 2 is 1.47 bits per heavy atom. The van der Waals surface area contributed by atoms with Crippen molar-refractivity contribution < 1.29 is 28.5 Å². The lowest BCUT2D eigenvalue weighted by molar-refractivity contribution is 0.0727. The molecule has 9 nitrogen and oxygen atoms in total. The third-order valence-electron chi connectivity index (χ3n) is 6.81. The molecule has 0 aliphatic carbocycles. The summed E-state index contributed by atoms with van der Waals surface area (Å²) in [5.74, 6) is 0.378. The van der Waals surface area contributed by atoms with E-state index in [-0.39, 0.29) is 17.0 Å². The molecule has 1 heterocycles. The first kappa shape index (κ1) is 33.7. The number of halogens is 3. The number of amides is 1. The summed E-state index contributed by atoms with van der Waals surface area (Å²) in [4.78, 5) is 29.6. The molecule has 0 spiro atoms. The van der Waals surface area contributed by atoms with Gasteiger partial charge >= 0.3 is 5.97 Å². The molecule has 0 fully saturated rings. The van der Waals surface area contributed by atoms with E-state index in [0.29, 0.717) is 79.7 Å². The summed E-state index contributed by atoms with van der Waals surface area (Å²) < 4.78 is 22.6. The van der Waals surface area contributed by atoms with Crippen molar-refractivity contribution in [1.29, 1.82) is 0 Å². The maximum Gasteiger partial charge on any atom is 0.343 e. The van der Waals surface area contributed by atoms with Crippen LogP contribution in [0.4, 0.5) is 0 Å². The molecule has 0 atom stereocenters. The molecule has 47 heavy (non-hydrogen) atoms. The van der Waals surface area contributed by atoms with Crippen LogP contribution in [0.15, 0.2) is 77.9 Å².